The molecule has 2 nitrogen and oxygen atoms in total. The summed E-state index contributed by atoms with van der Waals surface area (Å²) < 4.78 is 11.1. The highest BCUT2D eigenvalue weighted by Crippen LogP contribution is 2.36. The van der Waals surface area contributed by atoms with Crippen LogP contribution >= 0.6 is 0 Å². The Labute approximate surface area is 79.2 Å². The number of hydrogen-bond acceptors (Lipinski definition) is 2. The van der Waals surface area contributed by atoms with Gasteiger partial charge in [0.2, 0.25) is 0 Å². The zero-order chi connectivity index (χ0) is 9.15. The minimum Gasteiger partial charge on any atom is -0.348 e. The molecule has 13 heavy (non-hydrogen) atoms. The molecule has 0 radical (unpaired) electrons. The van der Waals surface area contributed by atoms with Gasteiger partial charge >= 0.3 is 0 Å². The summed E-state index contributed by atoms with van der Waals surface area (Å²) in [7, 11) is 0. The lowest BCUT2D eigenvalue weighted by molar-refractivity contribution is -0.208. The quantitative estimate of drug-likeness (QED) is 0.576. The van der Waals surface area contributed by atoms with Crippen LogP contribution in [0.25, 0.3) is 0 Å². The van der Waals surface area contributed by atoms with E-state index in [4.69, 9.17) is 9.47 Å². The maximum Gasteiger partial charge on any atom is 0.176 e. The standard InChI is InChI=1S/C11H16O2/c1-2-10-12-8-11(9-13-10)6-4-3-5-7-11/h2-4,10H,1,5-9H2. The van der Waals surface area contributed by atoms with Crippen molar-refractivity contribution in [3.63, 3.8) is 0 Å². The summed E-state index contributed by atoms with van der Waals surface area (Å²) in [6.07, 6.45) is 9.45. The summed E-state index contributed by atoms with van der Waals surface area (Å²) in [4.78, 5) is 0. The molecule has 0 N–H and O–H groups in total. The van der Waals surface area contributed by atoms with Gasteiger partial charge < -0.3 is 9.47 Å². The van der Waals surface area contributed by atoms with Crippen LogP contribution in [0.4, 0.5) is 0 Å². The molecular formula is C11H16O2. The number of hydrogen-bond donors (Lipinski definition) is 0. The van der Waals surface area contributed by atoms with Gasteiger partial charge in [-0.25, -0.2) is 0 Å². The van der Waals surface area contributed by atoms with Gasteiger partial charge in [-0.3, -0.25) is 0 Å². The second kappa shape index (κ2) is 3.64. The summed E-state index contributed by atoms with van der Waals surface area (Å²) in [6.45, 7) is 5.28. The normalized spacial score (nSPS) is 39.2. The van der Waals surface area contributed by atoms with Crippen LogP contribution < -0.4 is 0 Å². The lowest BCUT2D eigenvalue weighted by Crippen LogP contribution is -2.41. The van der Waals surface area contributed by atoms with E-state index in [2.05, 4.69) is 18.7 Å². The van der Waals surface area contributed by atoms with E-state index in [-0.39, 0.29) is 11.7 Å². The highest BCUT2D eigenvalue weighted by Gasteiger charge is 2.35. The fraction of sp³-hybridized carbons (Fsp3) is 0.636. The van der Waals surface area contributed by atoms with E-state index < -0.39 is 0 Å². The summed E-state index contributed by atoms with van der Waals surface area (Å²) in [6, 6.07) is 0. The zero-order valence-electron chi connectivity index (χ0n) is 7.87. The largest absolute Gasteiger partial charge is 0.348 e. The Balaban J connectivity index is 1.95. The fourth-order valence-electron chi connectivity index (χ4n) is 1.95. The van der Waals surface area contributed by atoms with Crippen molar-refractivity contribution in [3.8, 4) is 0 Å². The molecule has 1 fully saturated rings. The van der Waals surface area contributed by atoms with Crippen molar-refractivity contribution in [2.45, 2.75) is 25.6 Å². The van der Waals surface area contributed by atoms with Gasteiger partial charge in [-0.15, -0.1) is 0 Å². The van der Waals surface area contributed by atoms with E-state index in [1.807, 2.05) is 0 Å². The third kappa shape index (κ3) is 1.84. The highest BCUT2D eigenvalue weighted by molar-refractivity contribution is 4.99. The van der Waals surface area contributed by atoms with E-state index in [1.54, 1.807) is 6.08 Å². The number of ether oxygens (including phenoxy) is 2. The van der Waals surface area contributed by atoms with Gasteiger partial charge in [-0.1, -0.05) is 18.7 Å². The Morgan fingerprint density at radius 1 is 1.31 bits per heavy atom. The Morgan fingerprint density at radius 2 is 2.08 bits per heavy atom. The SMILES string of the molecule is C=CC1OCC2(CC=CCC2)CO1. The van der Waals surface area contributed by atoms with Gasteiger partial charge in [0.05, 0.1) is 13.2 Å². The molecule has 0 aromatic heterocycles. The molecule has 0 unspecified atom stereocenters. The monoisotopic (exact) mass is 180 g/mol. The zero-order valence-corrected chi connectivity index (χ0v) is 7.87. The van der Waals surface area contributed by atoms with Gasteiger partial charge in [-0.05, 0) is 25.3 Å². The van der Waals surface area contributed by atoms with Crippen LogP contribution in [0.15, 0.2) is 24.8 Å². The van der Waals surface area contributed by atoms with Crippen LogP contribution in [0, 0.1) is 5.41 Å². The second-order valence-electron chi connectivity index (χ2n) is 3.94. The smallest absolute Gasteiger partial charge is 0.176 e. The minimum atomic E-state index is -0.184. The first-order valence-electron chi connectivity index (χ1n) is 4.85. The van der Waals surface area contributed by atoms with Gasteiger partial charge in [0.15, 0.2) is 6.29 Å². The average molecular weight is 180 g/mol. The highest BCUT2D eigenvalue weighted by atomic mass is 16.7. The molecule has 72 valence electrons. The fourth-order valence-corrected chi connectivity index (χ4v) is 1.95. The van der Waals surface area contributed by atoms with Crippen molar-refractivity contribution in [1.29, 1.82) is 0 Å². The van der Waals surface area contributed by atoms with Crippen LogP contribution in [0.1, 0.15) is 19.3 Å². The van der Waals surface area contributed by atoms with Crippen molar-refractivity contribution in [2.75, 3.05) is 13.2 Å². The van der Waals surface area contributed by atoms with Gasteiger partial charge in [-0.2, -0.15) is 0 Å². The van der Waals surface area contributed by atoms with Crippen LogP contribution in [-0.4, -0.2) is 19.5 Å². The first-order valence-corrected chi connectivity index (χ1v) is 4.85. The van der Waals surface area contributed by atoms with Gasteiger partial charge in [0.1, 0.15) is 0 Å². The van der Waals surface area contributed by atoms with Crippen molar-refractivity contribution < 1.29 is 9.47 Å². The average Bonchev–Trinajstić information content (AvgIpc) is 2.20. The van der Waals surface area contributed by atoms with Crippen LogP contribution in [0.3, 0.4) is 0 Å². The first kappa shape index (κ1) is 8.97. The third-order valence-electron chi connectivity index (χ3n) is 2.86. The summed E-state index contributed by atoms with van der Waals surface area (Å²) in [5.41, 5.74) is 0.258. The molecule has 0 saturated carbocycles. The molecule has 1 spiro atoms. The number of allylic oxidation sites excluding steroid dienone is 2. The molecule has 1 aliphatic carbocycles. The molecular weight excluding hydrogens is 164 g/mol. The van der Waals surface area contributed by atoms with Gasteiger partial charge in [0, 0.05) is 5.41 Å². The maximum atomic E-state index is 5.55. The molecule has 2 aliphatic rings. The van der Waals surface area contributed by atoms with E-state index in [0.29, 0.717) is 0 Å². The number of rotatable bonds is 1. The molecule has 2 rings (SSSR count). The third-order valence-corrected chi connectivity index (χ3v) is 2.86. The Hall–Kier alpha value is -0.600. The molecule has 2 heteroatoms. The topological polar surface area (TPSA) is 18.5 Å². The van der Waals surface area contributed by atoms with E-state index >= 15 is 0 Å². The molecule has 1 aliphatic heterocycles. The van der Waals surface area contributed by atoms with Crippen LogP contribution in [-0.2, 0) is 9.47 Å². The lowest BCUT2D eigenvalue weighted by Gasteiger charge is -2.40. The second-order valence-corrected chi connectivity index (χ2v) is 3.94. The Morgan fingerprint density at radius 3 is 2.62 bits per heavy atom. The van der Waals surface area contributed by atoms with E-state index in [9.17, 15) is 0 Å². The lowest BCUT2D eigenvalue weighted by atomic mass is 9.78. The maximum absolute atomic E-state index is 5.55. The van der Waals surface area contributed by atoms with Gasteiger partial charge in [0.25, 0.3) is 0 Å². The molecule has 0 amide bonds. The Kier molecular flexibility index (Phi) is 2.51. The summed E-state index contributed by atoms with van der Waals surface area (Å²) in [5.74, 6) is 0. The molecule has 1 saturated heterocycles. The minimum absolute atomic E-state index is 0.184. The molecule has 0 aromatic carbocycles. The predicted molar refractivity (Wildman–Crippen MR) is 51.3 cm³/mol. The summed E-state index contributed by atoms with van der Waals surface area (Å²) in [5, 5.41) is 0. The van der Waals surface area contributed by atoms with Crippen molar-refractivity contribution in [1.82, 2.24) is 0 Å². The van der Waals surface area contributed by atoms with E-state index in [1.165, 1.54) is 6.42 Å². The Bertz CT molecular complexity index is 212. The van der Waals surface area contributed by atoms with Crippen molar-refractivity contribution in [2.24, 2.45) is 5.41 Å². The summed E-state index contributed by atoms with van der Waals surface area (Å²) >= 11 is 0. The van der Waals surface area contributed by atoms with E-state index in [0.717, 1.165) is 26.1 Å². The predicted octanol–water partition coefficient (Wildman–Crippen LogP) is 2.27. The van der Waals surface area contributed by atoms with Crippen LogP contribution in [0.2, 0.25) is 0 Å². The molecule has 1 heterocycles. The molecule has 0 aromatic rings. The first-order chi connectivity index (χ1) is 6.35. The molecule has 0 bridgehead atoms. The molecule has 0 atom stereocenters. The van der Waals surface area contributed by atoms with Crippen molar-refractivity contribution in [3.05, 3.63) is 24.8 Å². The van der Waals surface area contributed by atoms with Crippen LogP contribution in [0.5, 0.6) is 0 Å². The van der Waals surface area contributed by atoms with Crippen molar-refractivity contribution >= 4 is 0 Å².